The third-order valence-corrected chi connectivity index (χ3v) is 5.64. The Kier molecular flexibility index (Phi) is 6.10. The molecule has 0 saturated carbocycles. The van der Waals surface area contributed by atoms with E-state index in [2.05, 4.69) is 9.97 Å². The summed E-state index contributed by atoms with van der Waals surface area (Å²) < 4.78 is 1.19. The van der Waals surface area contributed by atoms with Crippen molar-refractivity contribution in [1.82, 2.24) is 9.97 Å². The summed E-state index contributed by atoms with van der Waals surface area (Å²) in [5.74, 6) is 0.854. The second-order valence-electron chi connectivity index (χ2n) is 2.94. The molecule has 1 aromatic heterocycles. The number of aryl methyl sites for hydroxylation is 1. The Bertz CT molecular complexity index is 498. The second-order valence-corrected chi connectivity index (χ2v) is 7.17. The average Bonchev–Trinajstić information content (AvgIpc) is 2.17. The van der Waals surface area contributed by atoms with Crippen molar-refractivity contribution >= 4 is 63.0 Å². The first kappa shape index (κ1) is 14.4. The fourth-order valence-corrected chi connectivity index (χ4v) is 4.40. The van der Waals surface area contributed by atoms with E-state index in [1.807, 2.05) is 25.1 Å². The van der Waals surface area contributed by atoms with Gasteiger partial charge in [0.05, 0.1) is 0 Å². The van der Waals surface area contributed by atoms with Crippen LogP contribution in [0.25, 0.3) is 10.9 Å². The number of hydrogen-bond donors (Lipinski definition) is 0. The van der Waals surface area contributed by atoms with Crippen molar-refractivity contribution in [2.24, 2.45) is 0 Å². The molecule has 2 nitrogen and oxygen atoms in total. The molecule has 1 heterocycles. The molecular formula is C9H7ClN2Na2Se. The summed E-state index contributed by atoms with van der Waals surface area (Å²) >= 11 is 7.12. The SMILES string of the molecule is Cc1nc([Se][Na])c2cc(Cl)ccc2n1.[H-].[Na+]. The van der Waals surface area contributed by atoms with Crippen LogP contribution in [0.4, 0.5) is 0 Å². The summed E-state index contributed by atoms with van der Waals surface area (Å²) in [6, 6.07) is 5.80. The maximum absolute atomic E-state index is 5.95. The first-order valence-corrected chi connectivity index (χ1v) is 11.4. The van der Waals surface area contributed by atoms with Gasteiger partial charge in [-0.25, -0.2) is 0 Å². The number of nitrogens with zero attached hydrogens (tertiary/aromatic N) is 2. The zero-order chi connectivity index (χ0) is 10.1. The van der Waals surface area contributed by atoms with Gasteiger partial charge in [-0.2, -0.15) is 0 Å². The molecule has 68 valence electrons. The van der Waals surface area contributed by atoms with E-state index in [9.17, 15) is 0 Å². The van der Waals surface area contributed by atoms with E-state index in [4.69, 9.17) is 11.6 Å². The fraction of sp³-hybridized carbons (Fsp3) is 0.111. The summed E-state index contributed by atoms with van der Waals surface area (Å²) in [5, 5.41) is 1.88. The molecule has 0 bridgehead atoms. The average molecular weight is 304 g/mol. The molecule has 0 aliphatic rings. The van der Waals surface area contributed by atoms with Gasteiger partial charge in [0.25, 0.3) is 0 Å². The van der Waals surface area contributed by atoms with Gasteiger partial charge in [0.15, 0.2) is 0 Å². The molecule has 0 radical (unpaired) electrons. The largest absolute Gasteiger partial charge is 1.00 e. The Morgan fingerprint density at radius 2 is 2.13 bits per heavy atom. The first-order valence-electron chi connectivity index (χ1n) is 4.18. The van der Waals surface area contributed by atoms with Crippen LogP contribution < -0.4 is 34.1 Å². The van der Waals surface area contributed by atoms with E-state index in [1.165, 1.54) is 30.0 Å². The van der Waals surface area contributed by atoms with Crippen LogP contribution in [0.3, 0.4) is 0 Å². The van der Waals surface area contributed by atoms with Gasteiger partial charge in [-0.3, -0.25) is 0 Å². The normalized spacial score (nSPS) is 10.1. The minimum Gasteiger partial charge on any atom is -1.00 e. The van der Waals surface area contributed by atoms with E-state index in [0.717, 1.165) is 21.7 Å². The summed E-state index contributed by atoms with van der Waals surface area (Å²) in [4.78, 5) is 8.83. The van der Waals surface area contributed by atoms with Crippen LogP contribution in [0, 0.1) is 6.92 Å². The van der Waals surface area contributed by atoms with E-state index < -0.39 is 0 Å². The molecule has 15 heavy (non-hydrogen) atoms. The third-order valence-electron chi connectivity index (χ3n) is 1.93. The Morgan fingerprint density at radius 3 is 2.80 bits per heavy atom. The molecule has 1 aromatic carbocycles. The van der Waals surface area contributed by atoms with Crippen LogP contribution in [-0.4, -0.2) is 45.9 Å². The van der Waals surface area contributed by atoms with Gasteiger partial charge in [-0.05, 0) is 0 Å². The van der Waals surface area contributed by atoms with Crippen LogP contribution in [-0.2, 0) is 0 Å². The van der Waals surface area contributed by atoms with Crippen LogP contribution >= 0.6 is 11.6 Å². The van der Waals surface area contributed by atoms with Crippen molar-refractivity contribution in [3.05, 3.63) is 29.0 Å². The quantitative estimate of drug-likeness (QED) is 0.577. The molecule has 0 fully saturated rings. The first-order chi connectivity index (χ1) is 6.70. The third kappa shape index (κ3) is 3.41. The molecule has 0 amide bonds. The fourth-order valence-electron chi connectivity index (χ4n) is 1.34. The van der Waals surface area contributed by atoms with Gasteiger partial charge in [-0.1, -0.05) is 0 Å². The molecular weight excluding hydrogens is 297 g/mol. The number of halogens is 1. The zero-order valence-corrected chi connectivity index (χ0v) is 15.4. The maximum atomic E-state index is 5.95. The van der Waals surface area contributed by atoms with E-state index in [-0.39, 0.29) is 31.0 Å². The number of aromatic nitrogens is 2. The van der Waals surface area contributed by atoms with Gasteiger partial charge in [0.2, 0.25) is 0 Å². The number of rotatable bonds is 1. The van der Waals surface area contributed by atoms with Crippen molar-refractivity contribution in [2.45, 2.75) is 6.92 Å². The van der Waals surface area contributed by atoms with Gasteiger partial charge in [0.1, 0.15) is 0 Å². The molecule has 0 saturated heterocycles. The van der Waals surface area contributed by atoms with Crippen molar-refractivity contribution in [3.8, 4) is 0 Å². The number of benzene rings is 1. The molecule has 2 aromatic rings. The minimum absolute atomic E-state index is 0. The molecule has 0 N–H and O–H groups in total. The van der Waals surface area contributed by atoms with Gasteiger partial charge in [-0.15, -0.1) is 0 Å². The van der Waals surface area contributed by atoms with Crippen LogP contribution in [0.5, 0.6) is 0 Å². The van der Waals surface area contributed by atoms with E-state index >= 15 is 0 Å². The Labute approximate surface area is 138 Å². The number of fused-ring (bicyclic) bond motifs is 1. The second kappa shape index (κ2) is 6.34. The predicted molar refractivity (Wildman–Crippen MR) is 61.5 cm³/mol. The van der Waals surface area contributed by atoms with Crippen molar-refractivity contribution in [3.63, 3.8) is 0 Å². The van der Waals surface area contributed by atoms with Gasteiger partial charge in [0, 0.05) is 0 Å². The Hall–Kier alpha value is 1.37. The summed E-state index contributed by atoms with van der Waals surface area (Å²) in [6.45, 7) is 1.94. The molecule has 0 aliphatic carbocycles. The summed E-state index contributed by atoms with van der Waals surface area (Å²) in [5.41, 5.74) is 1.01. The standard InChI is InChI=1S/C9H7ClN2Se.2Na.H/c1-5-11-8-3-2-6(10)4-7(8)9(13)12-5;;;/h2-4H,1H3,(H,11,12,13);;;/q;2*+1;-1/p-1. The van der Waals surface area contributed by atoms with Crippen molar-refractivity contribution in [2.75, 3.05) is 0 Å². The topological polar surface area (TPSA) is 25.8 Å². The minimum atomic E-state index is 0. The summed E-state index contributed by atoms with van der Waals surface area (Å²) in [6.07, 6.45) is 0. The van der Waals surface area contributed by atoms with E-state index in [0.29, 0.717) is 10.5 Å². The number of hydrogen-bond acceptors (Lipinski definition) is 2. The van der Waals surface area contributed by atoms with Gasteiger partial charge >= 0.3 is 138 Å². The molecule has 0 unspecified atom stereocenters. The Morgan fingerprint density at radius 1 is 1.40 bits per heavy atom. The molecule has 6 heteroatoms. The zero-order valence-electron chi connectivity index (χ0n) is 9.91. The molecule has 0 aliphatic heterocycles. The monoisotopic (exact) mass is 304 g/mol. The Balaban J connectivity index is 0.00000112. The van der Waals surface area contributed by atoms with Crippen LogP contribution in [0.15, 0.2) is 18.2 Å². The molecule has 0 atom stereocenters. The molecule has 0 spiro atoms. The smallest absolute Gasteiger partial charge is 1.00 e. The van der Waals surface area contributed by atoms with Crippen LogP contribution in [0.1, 0.15) is 7.25 Å². The maximum Gasteiger partial charge on any atom is 1.00 e. The van der Waals surface area contributed by atoms with E-state index in [1.54, 1.807) is 0 Å². The molecule has 2 rings (SSSR count). The van der Waals surface area contributed by atoms with Gasteiger partial charge < -0.3 is 1.43 Å². The summed E-state index contributed by atoms with van der Waals surface area (Å²) in [7, 11) is 0.511. The van der Waals surface area contributed by atoms with Crippen LogP contribution in [0.2, 0.25) is 5.02 Å². The predicted octanol–water partition coefficient (Wildman–Crippen LogP) is -1.88. The van der Waals surface area contributed by atoms with Crippen molar-refractivity contribution < 1.29 is 31.0 Å². The van der Waals surface area contributed by atoms with Crippen molar-refractivity contribution in [1.29, 1.82) is 0 Å².